The molecule has 1 aliphatic heterocycles. The van der Waals surface area contributed by atoms with Crippen LogP contribution in [0.1, 0.15) is 31.4 Å². The van der Waals surface area contributed by atoms with E-state index in [1.165, 1.54) is 31.5 Å². The van der Waals surface area contributed by atoms with Crippen LogP contribution in [0, 0.1) is 0 Å². The normalized spacial score (nSPS) is 19.4. The minimum Gasteiger partial charge on any atom is -0.326 e. The van der Waals surface area contributed by atoms with Gasteiger partial charge < -0.3 is 10.6 Å². The van der Waals surface area contributed by atoms with Crippen LogP contribution in [0.4, 0.5) is 0 Å². The summed E-state index contributed by atoms with van der Waals surface area (Å²) in [6, 6.07) is 8.40. The van der Waals surface area contributed by atoms with Crippen LogP contribution in [0.2, 0.25) is 5.02 Å². The van der Waals surface area contributed by atoms with Crippen molar-refractivity contribution in [2.75, 3.05) is 33.2 Å². The molecule has 2 atom stereocenters. The third-order valence-electron chi connectivity index (χ3n) is 4.15. The van der Waals surface area contributed by atoms with Crippen molar-refractivity contribution in [1.82, 2.24) is 9.80 Å². The van der Waals surface area contributed by atoms with Gasteiger partial charge in [0.05, 0.1) is 0 Å². The smallest absolute Gasteiger partial charge is 0.0494 e. The van der Waals surface area contributed by atoms with Crippen LogP contribution in [-0.4, -0.2) is 49.1 Å². The standard InChI is InChI=1S/C16H26ClN3/c1-13(18)16(14-5-7-15(17)8-6-14)19(2)11-12-20-9-3-4-10-20/h5-8,13,16H,3-4,9-12,18H2,1-2H3. The molecule has 2 unspecified atom stereocenters. The van der Waals surface area contributed by atoms with Crippen LogP contribution < -0.4 is 5.73 Å². The van der Waals surface area contributed by atoms with Crippen LogP contribution in [0.15, 0.2) is 24.3 Å². The third-order valence-corrected chi connectivity index (χ3v) is 4.40. The lowest BCUT2D eigenvalue weighted by molar-refractivity contribution is 0.189. The molecule has 1 fully saturated rings. The monoisotopic (exact) mass is 295 g/mol. The van der Waals surface area contributed by atoms with E-state index in [2.05, 4.69) is 35.9 Å². The quantitative estimate of drug-likeness (QED) is 0.876. The number of halogens is 1. The molecule has 0 amide bonds. The van der Waals surface area contributed by atoms with E-state index in [1.54, 1.807) is 0 Å². The molecule has 1 saturated heterocycles. The van der Waals surface area contributed by atoms with Gasteiger partial charge in [-0.3, -0.25) is 4.90 Å². The number of likely N-dealkylation sites (N-methyl/N-ethyl adjacent to an activating group) is 1. The fourth-order valence-electron chi connectivity index (χ4n) is 3.06. The summed E-state index contributed by atoms with van der Waals surface area (Å²) < 4.78 is 0. The molecule has 2 N–H and O–H groups in total. The largest absolute Gasteiger partial charge is 0.326 e. The second kappa shape index (κ2) is 7.41. The zero-order valence-corrected chi connectivity index (χ0v) is 13.3. The zero-order valence-electron chi connectivity index (χ0n) is 12.6. The van der Waals surface area contributed by atoms with Crippen molar-refractivity contribution in [2.45, 2.75) is 31.8 Å². The number of nitrogens with two attached hydrogens (primary N) is 1. The maximum absolute atomic E-state index is 6.20. The summed E-state index contributed by atoms with van der Waals surface area (Å²) in [4.78, 5) is 4.91. The highest BCUT2D eigenvalue weighted by atomic mass is 35.5. The van der Waals surface area contributed by atoms with Gasteiger partial charge in [-0.05, 0) is 57.6 Å². The highest BCUT2D eigenvalue weighted by molar-refractivity contribution is 6.30. The van der Waals surface area contributed by atoms with Gasteiger partial charge in [0.2, 0.25) is 0 Å². The number of likely N-dealkylation sites (tertiary alicyclic amines) is 1. The van der Waals surface area contributed by atoms with Crippen molar-refractivity contribution in [3.05, 3.63) is 34.9 Å². The Balaban J connectivity index is 1.97. The molecule has 0 radical (unpaired) electrons. The van der Waals surface area contributed by atoms with Gasteiger partial charge in [0.1, 0.15) is 0 Å². The Morgan fingerprint density at radius 3 is 2.40 bits per heavy atom. The molecule has 1 aromatic carbocycles. The fraction of sp³-hybridized carbons (Fsp3) is 0.625. The minimum absolute atomic E-state index is 0.0970. The average molecular weight is 296 g/mol. The van der Waals surface area contributed by atoms with Crippen molar-refractivity contribution < 1.29 is 0 Å². The van der Waals surface area contributed by atoms with Crippen LogP contribution in [0.3, 0.4) is 0 Å². The molecule has 20 heavy (non-hydrogen) atoms. The average Bonchev–Trinajstić information content (AvgIpc) is 2.92. The topological polar surface area (TPSA) is 32.5 Å². The first-order chi connectivity index (χ1) is 9.58. The molecule has 2 rings (SSSR count). The SMILES string of the molecule is CC(N)C(c1ccc(Cl)cc1)N(C)CCN1CCCC1. The number of benzene rings is 1. The van der Waals surface area contributed by atoms with Gasteiger partial charge in [-0.1, -0.05) is 23.7 Å². The molecule has 4 heteroatoms. The van der Waals surface area contributed by atoms with Crippen LogP contribution >= 0.6 is 11.6 Å². The number of hydrogen-bond acceptors (Lipinski definition) is 3. The Morgan fingerprint density at radius 1 is 1.25 bits per heavy atom. The van der Waals surface area contributed by atoms with E-state index in [9.17, 15) is 0 Å². The summed E-state index contributed by atoms with van der Waals surface area (Å²) in [6.07, 6.45) is 2.69. The zero-order chi connectivity index (χ0) is 14.5. The van der Waals surface area contributed by atoms with E-state index < -0.39 is 0 Å². The van der Waals surface area contributed by atoms with Gasteiger partial charge in [-0.25, -0.2) is 0 Å². The summed E-state index contributed by atoms with van der Waals surface area (Å²) in [6.45, 7) is 6.75. The minimum atomic E-state index is 0.0970. The second-order valence-electron chi connectivity index (χ2n) is 5.88. The van der Waals surface area contributed by atoms with E-state index in [0.717, 1.165) is 18.1 Å². The summed E-state index contributed by atoms with van der Waals surface area (Å²) in [5.74, 6) is 0. The Morgan fingerprint density at radius 2 is 1.85 bits per heavy atom. The molecule has 1 aromatic rings. The van der Waals surface area contributed by atoms with Crippen molar-refractivity contribution in [2.24, 2.45) is 5.73 Å². The Hall–Kier alpha value is -0.610. The van der Waals surface area contributed by atoms with Gasteiger partial charge >= 0.3 is 0 Å². The van der Waals surface area contributed by atoms with Crippen molar-refractivity contribution >= 4 is 11.6 Å². The lowest BCUT2D eigenvalue weighted by atomic mass is 9.99. The van der Waals surface area contributed by atoms with Gasteiger partial charge in [0.15, 0.2) is 0 Å². The lowest BCUT2D eigenvalue weighted by Gasteiger charge is -2.32. The maximum atomic E-state index is 6.20. The molecule has 3 nitrogen and oxygen atoms in total. The molecule has 0 aliphatic carbocycles. The number of nitrogens with zero attached hydrogens (tertiary/aromatic N) is 2. The second-order valence-corrected chi connectivity index (χ2v) is 6.32. The molecule has 1 aliphatic rings. The maximum Gasteiger partial charge on any atom is 0.0494 e. The molecule has 0 saturated carbocycles. The summed E-state index contributed by atoms with van der Waals surface area (Å²) in [5, 5.41) is 0.775. The van der Waals surface area contributed by atoms with Crippen molar-refractivity contribution in [1.29, 1.82) is 0 Å². The van der Waals surface area contributed by atoms with Crippen LogP contribution in [0.25, 0.3) is 0 Å². The molecule has 0 aromatic heterocycles. The van der Waals surface area contributed by atoms with Crippen LogP contribution in [0.5, 0.6) is 0 Å². The van der Waals surface area contributed by atoms with E-state index in [1.807, 2.05) is 12.1 Å². The predicted octanol–water partition coefficient (Wildman–Crippen LogP) is 2.76. The van der Waals surface area contributed by atoms with Gasteiger partial charge in [0.25, 0.3) is 0 Å². The highest BCUT2D eigenvalue weighted by Gasteiger charge is 2.22. The van der Waals surface area contributed by atoms with Gasteiger partial charge in [-0.15, -0.1) is 0 Å². The summed E-state index contributed by atoms with van der Waals surface area (Å²) in [5.41, 5.74) is 7.45. The molecular formula is C16H26ClN3. The molecule has 112 valence electrons. The fourth-order valence-corrected chi connectivity index (χ4v) is 3.19. The summed E-state index contributed by atoms with van der Waals surface area (Å²) >= 11 is 5.97. The highest BCUT2D eigenvalue weighted by Crippen LogP contribution is 2.24. The van der Waals surface area contributed by atoms with Crippen molar-refractivity contribution in [3.63, 3.8) is 0 Å². The molecular weight excluding hydrogens is 270 g/mol. The first kappa shape index (κ1) is 15.8. The summed E-state index contributed by atoms with van der Waals surface area (Å²) in [7, 11) is 2.17. The van der Waals surface area contributed by atoms with E-state index in [4.69, 9.17) is 17.3 Å². The van der Waals surface area contributed by atoms with Crippen LogP contribution in [-0.2, 0) is 0 Å². The Kier molecular flexibility index (Phi) is 5.85. The molecule has 1 heterocycles. The Labute approximate surface area is 127 Å². The lowest BCUT2D eigenvalue weighted by Crippen LogP contribution is -2.40. The predicted molar refractivity (Wildman–Crippen MR) is 86.1 cm³/mol. The van der Waals surface area contributed by atoms with Gasteiger partial charge in [-0.2, -0.15) is 0 Å². The third kappa shape index (κ3) is 4.19. The van der Waals surface area contributed by atoms with Gasteiger partial charge in [0, 0.05) is 30.2 Å². The van der Waals surface area contributed by atoms with Crippen molar-refractivity contribution in [3.8, 4) is 0 Å². The molecule has 0 bridgehead atoms. The molecule has 0 spiro atoms. The Bertz CT molecular complexity index is 399. The first-order valence-corrected chi connectivity index (χ1v) is 7.89. The first-order valence-electron chi connectivity index (χ1n) is 7.51. The van der Waals surface area contributed by atoms with E-state index in [0.29, 0.717) is 0 Å². The van der Waals surface area contributed by atoms with E-state index in [-0.39, 0.29) is 12.1 Å². The van der Waals surface area contributed by atoms with E-state index >= 15 is 0 Å². The number of hydrogen-bond donors (Lipinski definition) is 1. The number of rotatable bonds is 6.